The van der Waals surface area contributed by atoms with Crippen LogP contribution in [0.15, 0.2) is 0 Å². The van der Waals surface area contributed by atoms with Crippen LogP contribution in [0.4, 0.5) is 0 Å². The van der Waals surface area contributed by atoms with E-state index in [0.29, 0.717) is 0 Å². The Morgan fingerprint density at radius 2 is 0.900 bits per heavy atom. The maximum atomic E-state index is 9.87. The monoisotopic (exact) mass is 296 g/mol. The van der Waals surface area contributed by atoms with E-state index in [-0.39, 0.29) is 25.7 Å². The summed E-state index contributed by atoms with van der Waals surface area (Å²) in [5, 5.41) is 49.2. The molecule has 0 aliphatic rings. The summed E-state index contributed by atoms with van der Waals surface area (Å²) >= 11 is 0. The van der Waals surface area contributed by atoms with Crippen LogP contribution in [0, 0.1) is 0 Å². The summed E-state index contributed by atoms with van der Waals surface area (Å²) in [5.41, 5.74) is 0. The van der Waals surface area contributed by atoms with E-state index in [4.69, 9.17) is 30.6 Å². The predicted octanol–water partition coefficient (Wildman–Crippen LogP) is -1.41. The number of carboxylic acids is 4. The molecule has 0 spiro atoms. The van der Waals surface area contributed by atoms with Gasteiger partial charge in [0.15, 0.2) is 12.2 Å². The molecule has 0 radical (unpaired) electrons. The van der Waals surface area contributed by atoms with Gasteiger partial charge in [0, 0.05) is 12.8 Å². The van der Waals surface area contributed by atoms with Gasteiger partial charge in [0.2, 0.25) is 0 Å². The number of carbonyl (C=O) groups is 4. The Morgan fingerprint density at radius 1 is 0.650 bits per heavy atom. The SMILES string of the molecule is O=C(O)CCC(O)C(=O)O.O=C(O)CCC(O)C(=O)O. The van der Waals surface area contributed by atoms with Crippen molar-refractivity contribution in [2.75, 3.05) is 0 Å². The molecule has 0 bridgehead atoms. The molecule has 2 atom stereocenters. The Hall–Kier alpha value is -2.20. The van der Waals surface area contributed by atoms with Crippen LogP contribution in [0.1, 0.15) is 25.7 Å². The molecule has 0 aromatic rings. The van der Waals surface area contributed by atoms with E-state index >= 15 is 0 Å². The van der Waals surface area contributed by atoms with Gasteiger partial charge in [0.25, 0.3) is 0 Å². The number of rotatable bonds is 8. The quantitative estimate of drug-likeness (QED) is 0.310. The second-order valence-corrected chi connectivity index (χ2v) is 3.57. The maximum absolute atomic E-state index is 9.87. The normalized spacial score (nSPS) is 12.5. The molecule has 6 N–H and O–H groups in total. The minimum Gasteiger partial charge on any atom is -0.481 e. The van der Waals surface area contributed by atoms with Crippen molar-refractivity contribution in [1.29, 1.82) is 0 Å². The fourth-order valence-corrected chi connectivity index (χ4v) is 0.767. The van der Waals surface area contributed by atoms with Gasteiger partial charge in [-0.1, -0.05) is 0 Å². The molecule has 20 heavy (non-hydrogen) atoms. The Balaban J connectivity index is 0. The van der Waals surface area contributed by atoms with Gasteiger partial charge >= 0.3 is 23.9 Å². The van der Waals surface area contributed by atoms with E-state index in [0.717, 1.165) is 0 Å². The van der Waals surface area contributed by atoms with Crippen molar-refractivity contribution in [1.82, 2.24) is 0 Å². The van der Waals surface area contributed by atoms with Crippen LogP contribution in [-0.2, 0) is 19.2 Å². The van der Waals surface area contributed by atoms with Crippen LogP contribution >= 0.6 is 0 Å². The molecule has 0 aromatic carbocycles. The lowest BCUT2D eigenvalue weighted by Crippen LogP contribution is -2.20. The van der Waals surface area contributed by atoms with Gasteiger partial charge in [-0.2, -0.15) is 0 Å². The lowest BCUT2D eigenvalue weighted by atomic mass is 10.2. The molecule has 0 aromatic heterocycles. The van der Waals surface area contributed by atoms with Crippen molar-refractivity contribution in [3.8, 4) is 0 Å². The first kappa shape index (κ1) is 20.1. The van der Waals surface area contributed by atoms with Gasteiger partial charge in [0.05, 0.1) is 0 Å². The Labute approximate surface area is 112 Å². The van der Waals surface area contributed by atoms with Gasteiger partial charge in [0.1, 0.15) is 0 Å². The number of hydrogen-bond donors (Lipinski definition) is 6. The van der Waals surface area contributed by atoms with E-state index < -0.39 is 36.1 Å². The van der Waals surface area contributed by atoms with E-state index in [1.54, 1.807) is 0 Å². The van der Waals surface area contributed by atoms with Gasteiger partial charge in [-0.25, -0.2) is 9.59 Å². The first-order valence-corrected chi connectivity index (χ1v) is 5.33. The lowest BCUT2D eigenvalue weighted by molar-refractivity contribution is -0.149. The molecule has 2 unspecified atom stereocenters. The van der Waals surface area contributed by atoms with Crippen molar-refractivity contribution in [3.63, 3.8) is 0 Å². The van der Waals surface area contributed by atoms with Crippen molar-refractivity contribution >= 4 is 23.9 Å². The average Bonchev–Trinajstić information content (AvgIpc) is 2.33. The summed E-state index contributed by atoms with van der Waals surface area (Å²) in [6, 6.07) is 0. The molecule has 0 rings (SSSR count). The fraction of sp³-hybridized carbons (Fsp3) is 0.600. The highest BCUT2D eigenvalue weighted by molar-refractivity contribution is 5.74. The highest BCUT2D eigenvalue weighted by atomic mass is 16.4. The summed E-state index contributed by atoms with van der Waals surface area (Å²) in [5.74, 6) is -5.00. The minimum absolute atomic E-state index is 0.245. The molecule has 116 valence electrons. The van der Waals surface area contributed by atoms with E-state index in [1.807, 2.05) is 0 Å². The van der Waals surface area contributed by atoms with Crippen LogP contribution in [0.5, 0.6) is 0 Å². The zero-order chi connectivity index (χ0) is 16.3. The summed E-state index contributed by atoms with van der Waals surface area (Å²) < 4.78 is 0. The average molecular weight is 296 g/mol. The van der Waals surface area contributed by atoms with Crippen LogP contribution < -0.4 is 0 Å². The van der Waals surface area contributed by atoms with Gasteiger partial charge in [-0.05, 0) is 12.8 Å². The summed E-state index contributed by atoms with van der Waals surface area (Å²) in [6.07, 6.45) is -4.26. The van der Waals surface area contributed by atoms with Crippen molar-refractivity contribution in [2.24, 2.45) is 0 Å². The van der Waals surface area contributed by atoms with E-state index in [9.17, 15) is 19.2 Å². The van der Waals surface area contributed by atoms with Crippen molar-refractivity contribution < 1.29 is 49.8 Å². The molecule has 0 heterocycles. The minimum atomic E-state index is -1.56. The number of carboxylic acid groups (broad SMARTS) is 4. The first-order chi connectivity index (χ1) is 9.07. The van der Waals surface area contributed by atoms with Crippen molar-refractivity contribution in [3.05, 3.63) is 0 Å². The standard InChI is InChI=1S/2C5H8O5/c2*6-3(5(9)10)1-2-4(7)8/h2*3,6H,1-2H2,(H,7,8)(H,9,10). The third-order valence-corrected chi connectivity index (χ3v) is 1.83. The molecule has 0 fully saturated rings. The van der Waals surface area contributed by atoms with Crippen LogP contribution in [0.2, 0.25) is 0 Å². The number of aliphatic carboxylic acids is 4. The predicted molar refractivity (Wildman–Crippen MR) is 61.0 cm³/mol. The van der Waals surface area contributed by atoms with Crippen molar-refractivity contribution in [2.45, 2.75) is 37.9 Å². The van der Waals surface area contributed by atoms with Crippen LogP contribution in [0.3, 0.4) is 0 Å². The summed E-state index contributed by atoms with van der Waals surface area (Å²) in [4.78, 5) is 39.4. The molecular formula is C10H16O10. The fourth-order valence-electron chi connectivity index (χ4n) is 0.767. The third kappa shape index (κ3) is 13.9. The molecule has 10 heteroatoms. The van der Waals surface area contributed by atoms with Crippen LogP contribution in [0.25, 0.3) is 0 Å². The van der Waals surface area contributed by atoms with Gasteiger partial charge < -0.3 is 30.6 Å². The Bertz CT molecular complexity index is 316. The molecule has 0 saturated heterocycles. The Morgan fingerprint density at radius 3 is 1.05 bits per heavy atom. The van der Waals surface area contributed by atoms with E-state index in [2.05, 4.69) is 0 Å². The maximum Gasteiger partial charge on any atom is 0.332 e. The number of aliphatic hydroxyl groups excluding tert-OH is 2. The van der Waals surface area contributed by atoms with Gasteiger partial charge in [-0.3, -0.25) is 9.59 Å². The first-order valence-electron chi connectivity index (χ1n) is 5.33. The molecule has 0 aliphatic heterocycles. The summed E-state index contributed by atoms with van der Waals surface area (Å²) in [7, 11) is 0. The number of hydrogen-bond acceptors (Lipinski definition) is 6. The second kappa shape index (κ2) is 10.7. The molecule has 0 amide bonds. The zero-order valence-electron chi connectivity index (χ0n) is 10.3. The van der Waals surface area contributed by atoms with E-state index in [1.165, 1.54) is 0 Å². The largest absolute Gasteiger partial charge is 0.481 e. The lowest BCUT2D eigenvalue weighted by Gasteiger charge is -2.00. The molecule has 10 nitrogen and oxygen atoms in total. The number of aliphatic hydroxyl groups is 2. The smallest absolute Gasteiger partial charge is 0.332 e. The zero-order valence-corrected chi connectivity index (χ0v) is 10.3. The topological polar surface area (TPSA) is 190 Å². The highest BCUT2D eigenvalue weighted by Gasteiger charge is 2.14. The van der Waals surface area contributed by atoms with Crippen LogP contribution in [-0.4, -0.2) is 66.7 Å². The Kier molecular flexibility index (Phi) is 10.8. The second-order valence-electron chi connectivity index (χ2n) is 3.57. The van der Waals surface area contributed by atoms with Gasteiger partial charge in [-0.15, -0.1) is 0 Å². The molecule has 0 aliphatic carbocycles. The molecule has 0 saturated carbocycles. The summed E-state index contributed by atoms with van der Waals surface area (Å²) in [6.45, 7) is 0. The molecular weight excluding hydrogens is 280 g/mol. The highest BCUT2D eigenvalue weighted by Crippen LogP contribution is 1.96. The third-order valence-electron chi connectivity index (χ3n) is 1.83.